The molecule has 6 nitrogen and oxygen atoms in total. The van der Waals surface area contributed by atoms with Crippen LogP contribution in [0.25, 0.3) is 5.69 Å². The summed E-state index contributed by atoms with van der Waals surface area (Å²) in [5.74, 6) is 0.0900. The molecule has 0 bridgehead atoms. The van der Waals surface area contributed by atoms with Gasteiger partial charge in [0.05, 0.1) is 0 Å². The Morgan fingerprint density at radius 1 is 1.12 bits per heavy atom. The predicted octanol–water partition coefficient (Wildman–Crippen LogP) is 2.61. The molecular formula is C19H27N5O. The fourth-order valence-corrected chi connectivity index (χ4v) is 3.34. The third kappa shape index (κ3) is 4.66. The highest BCUT2D eigenvalue weighted by molar-refractivity contribution is 5.94. The van der Waals surface area contributed by atoms with Gasteiger partial charge in [-0.3, -0.25) is 9.36 Å². The quantitative estimate of drug-likeness (QED) is 0.810. The molecule has 1 amide bonds. The average molecular weight is 341 g/mol. The minimum absolute atomic E-state index is 0.0900. The van der Waals surface area contributed by atoms with Crippen molar-refractivity contribution >= 4 is 5.91 Å². The van der Waals surface area contributed by atoms with Crippen LogP contribution in [0.2, 0.25) is 0 Å². The summed E-state index contributed by atoms with van der Waals surface area (Å²) in [6.45, 7) is 6.84. The van der Waals surface area contributed by atoms with Crippen LogP contribution < -0.4 is 0 Å². The smallest absolute Gasteiger partial charge is 0.253 e. The molecule has 0 saturated carbocycles. The van der Waals surface area contributed by atoms with Crippen molar-refractivity contribution in [3.05, 3.63) is 42.5 Å². The lowest BCUT2D eigenvalue weighted by Gasteiger charge is -2.26. The first-order valence-corrected chi connectivity index (χ1v) is 9.24. The monoisotopic (exact) mass is 341 g/mol. The lowest BCUT2D eigenvalue weighted by Crippen LogP contribution is -2.39. The van der Waals surface area contributed by atoms with E-state index < -0.39 is 0 Å². The van der Waals surface area contributed by atoms with Crippen molar-refractivity contribution in [2.24, 2.45) is 0 Å². The van der Waals surface area contributed by atoms with Gasteiger partial charge in [-0.25, -0.2) is 0 Å². The van der Waals surface area contributed by atoms with Crippen LogP contribution in [-0.2, 0) is 0 Å². The number of carbonyl (C=O) groups excluding carboxylic acids is 1. The standard InChI is InChI=1S/C19H27N5O/c1-2-23(13-12-22-10-5-3-4-6-11-22)19(25)17-8-7-9-18(14-17)24-15-20-21-16-24/h7-9,14-16H,2-6,10-13H2,1H3. The fourth-order valence-electron chi connectivity index (χ4n) is 3.34. The second-order valence-electron chi connectivity index (χ2n) is 6.56. The molecule has 1 saturated heterocycles. The molecule has 1 aromatic carbocycles. The van der Waals surface area contributed by atoms with Gasteiger partial charge in [0.2, 0.25) is 0 Å². The summed E-state index contributed by atoms with van der Waals surface area (Å²) in [4.78, 5) is 17.3. The summed E-state index contributed by atoms with van der Waals surface area (Å²) < 4.78 is 1.81. The van der Waals surface area contributed by atoms with E-state index in [9.17, 15) is 4.79 Å². The van der Waals surface area contributed by atoms with Gasteiger partial charge in [0, 0.05) is 30.9 Å². The highest BCUT2D eigenvalue weighted by atomic mass is 16.2. The molecule has 1 aliphatic rings. The zero-order valence-corrected chi connectivity index (χ0v) is 15.0. The Balaban J connectivity index is 1.64. The van der Waals surface area contributed by atoms with Gasteiger partial charge in [-0.05, 0) is 51.1 Å². The van der Waals surface area contributed by atoms with Crippen LogP contribution in [0.4, 0.5) is 0 Å². The molecule has 0 N–H and O–H groups in total. The first-order valence-electron chi connectivity index (χ1n) is 9.24. The SMILES string of the molecule is CCN(CCN1CCCCCC1)C(=O)c1cccc(-n2cnnc2)c1. The van der Waals surface area contributed by atoms with Crippen LogP contribution in [0.3, 0.4) is 0 Å². The molecule has 1 aliphatic heterocycles. The Morgan fingerprint density at radius 3 is 2.52 bits per heavy atom. The lowest BCUT2D eigenvalue weighted by molar-refractivity contribution is 0.0745. The number of hydrogen-bond donors (Lipinski definition) is 0. The maximum Gasteiger partial charge on any atom is 0.253 e. The number of amides is 1. The summed E-state index contributed by atoms with van der Waals surface area (Å²) in [6.07, 6.45) is 8.51. The molecule has 2 aromatic rings. The Labute approximate surface area is 149 Å². The summed E-state index contributed by atoms with van der Waals surface area (Å²) in [6, 6.07) is 7.64. The largest absolute Gasteiger partial charge is 0.338 e. The van der Waals surface area contributed by atoms with Gasteiger partial charge in [0.1, 0.15) is 12.7 Å². The van der Waals surface area contributed by atoms with Crippen molar-refractivity contribution in [1.29, 1.82) is 0 Å². The second-order valence-corrected chi connectivity index (χ2v) is 6.56. The van der Waals surface area contributed by atoms with E-state index in [1.165, 1.54) is 25.7 Å². The number of carbonyl (C=O) groups is 1. The zero-order valence-electron chi connectivity index (χ0n) is 15.0. The molecule has 0 spiro atoms. The molecule has 25 heavy (non-hydrogen) atoms. The number of nitrogens with zero attached hydrogens (tertiary/aromatic N) is 5. The van der Waals surface area contributed by atoms with Crippen molar-refractivity contribution < 1.29 is 4.79 Å². The second kappa shape index (κ2) is 8.76. The van der Waals surface area contributed by atoms with Crippen molar-refractivity contribution in [2.45, 2.75) is 32.6 Å². The van der Waals surface area contributed by atoms with Crippen molar-refractivity contribution in [3.8, 4) is 5.69 Å². The van der Waals surface area contributed by atoms with Crippen LogP contribution in [0, 0.1) is 0 Å². The number of aromatic nitrogens is 3. The van der Waals surface area contributed by atoms with Crippen molar-refractivity contribution in [3.63, 3.8) is 0 Å². The average Bonchev–Trinajstić information content (AvgIpc) is 3.07. The number of rotatable bonds is 6. The number of hydrogen-bond acceptors (Lipinski definition) is 4. The molecule has 3 rings (SSSR count). The van der Waals surface area contributed by atoms with E-state index in [0.29, 0.717) is 5.56 Å². The summed E-state index contributed by atoms with van der Waals surface area (Å²) in [7, 11) is 0. The van der Waals surface area contributed by atoms with E-state index in [0.717, 1.165) is 38.4 Å². The first-order chi connectivity index (χ1) is 12.3. The van der Waals surface area contributed by atoms with Gasteiger partial charge in [-0.2, -0.15) is 0 Å². The molecule has 134 valence electrons. The topological polar surface area (TPSA) is 54.3 Å². The van der Waals surface area contributed by atoms with Crippen LogP contribution in [0.5, 0.6) is 0 Å². The number of likely N-dealkylation sites (N-methyl/N-ethyl adjacent to an activating group) is 1. The third-order valence-electron chi connectivity index (χ3n) is 4.86. The molecule has 0 atom stereocenters. The highest BCUT2D eigenvalue weighted by Gasteiger charge is 2.17. The van der Waals surface area contributed by atoms with Gasteiger partial charge in [0.15, 0.2) is 0 Å². The predicted molar refractivity (Wildman–Crippen MR) is 97.8 cm³/mol. The van der Waals surface area contributed by atoms with Gasteiger partial charge < -0.3 is 9.80 Å². The van der Waals surface area contributed by atoms with Crippen LogP contribution in [0.15, 0.2) is 36.9 Å². The summed E-state index contributed by atoms with van der Waals surface area (Å²) in [5, 5.41) is 7.65. The molecule has 1 fully saturated rings. The van der Waals surface area contributed by atoms with Crippen molar-refractivity contribution in [1.82, 2.24) is 24.6 Å². The van der Waals surface area contributed by atoms with E-state index in [-0.39, 0.29) is 5.91 Å². The minimum atomic E-state index is 0.0900. The van der Waals surface area contributed by atoms with Crippen molar-refractivity contribution in [2.75, 3.05) is 32.7 Å². The molecule has 0 radical (unpaired) electrons. The highest BCUT2D eigenvalue weighted by Crippen LogP contribution is 2.13. The van der Waals surface area contributed by atoms with E-state index in [1.807, 2.05) is 40.7 Å². The van der Waals surface area contributed by atoms with Gasteiger partial charge >= 0.3 is 0 Å². The summed E-state index contributed by atoms with van der Waals surface area (Å²) in [5.41, 5.74) is 1.61. The third-order valence-corrected chi connectivity index (χ3v) is 4.86. The molecular weight excluding hydrogens is 314 g/mol. The van der Waals surface area contributed by atoms with E-state index in [1.54, 1.807) is 12.7 Å². The molecule has 0 unspecified atom stereocenters. The van der Waals surface area contributed by atoms with Gasteiger partial charge in [0.25, 0.3) is 5.91 Å². The van der Waals surface area contributed by atoms with Gasteiger partial charge in [-0.15, -0.1) is 10.2 Å². The zero-order chi connectivity index (χ0) is 17.5. The van der Waals surface area contributed by atoms with Gasteiger partial charge in [-0.1, -0.05) is 18.9 Å². The van der Waals surface area contributed by atoms with E-state index >= 15 is 0 Å². The Kier molecular flexibility index (Phi) is 6.17. The Morgan fingerprint density at radius 2 is 1.84 bits per heavy atom. The molecule has 1 aromatic heterocycles. The lowest BCUT2D eigenvalue weighted by atomic mass is 10.1. The fraction of sp³-hybridized carbons (Fsp3) is 0.526. The van der Waals surface area contributed by atoms with Crippen LogP contribution in [0.1, 0.15) is 43.0 Å². The molecule has 6 heteroatoms. The van der Waals surface area contributed by atoms with Crippen LogP contribution >= 0.6 is 0 Å². The maximum atomic E-state index is 12.9. The Bertz CT molecular complexity index is 662. The Hall–Kier alpha value is -2.21. The number of benzene rings is 1. The number of likely N-dealkylation sites (tertiary alicyclic amines) is 1. The first kappa shape index (κ1) is 17.6. The molecule has 0 aliphatic carbocycles. The van der Waals surface area contributed by atoms with E-state index in [2.05, 4.69) is 15.1 Å². The van der Waals surface area contributed by atoms with E-state index in [4.69, 9.17) is 0 Å². The normalized spacial score (nSPS) is 15.7. The summed E-state index contributed by atoms with van der Waals surface area (Å²) >= 11 is 0. The minimum Gasteiger partial charge on any atom is -0.338 e. The van der Waals surface area contributed by atoms with Crippen LogP contribution in [-0.4, -0.2) is 63.2 Å². The molecule has 2 heterocycles. The maximum absolute atomic E-state index is 12.9.